The van der Waals surface area contributed by atoms with Gasteiger partial charge < -0.3 is 25.0 Å². The van der Waals surface area contributed by atoms with Crippen LogP contribution >= 0.6 is 0 Å². The van der Waals surface area contributed by atoms with Gasteiger partial charge in [0.1, 0.15) is 0 Å². The van der Waals surface area contributed by atoms with Gasteiger partial charge in [-0.15, -0.1) is 0 Å². The Bertz CT molecular complexity index is 1010. The van der Waals surface area contributed by atoms with E-state index in [2.05, 4.69) is 10.2 Å². The van der Waals surface area contributed by atoms with Crippen LogP contribution in [0.3, 0.4) is 0 Å². The third kappa shape index (κ3) is 5.99. The molecule has 4 rings (SSSR count). The van der Waals surface area contributed by atoms with Crippen LogP contribution in [0.2, 0.25) is 0 Å². The van der Waals surface area contributed by atoms with Crippen molar-refractivity contribution in [3.63, 3.8) is 0 Å². The minimum atomic E-state index is -4.37. The molecule has 7 nitrogen and oxygen atoms in total. The van der Waals surface area contributed by atoms with Crippen molar-refractivity contribution in [2.75, 3.05) is 49.5 Å². The average molecular weight is 476 g/mol. The van der Waals surface area contributed by atoms with Crippen LogP contribution in [0.25, 0.3) is 0 Å². The topological polar surface area (TPSA) is 77.4 Å². The predicted molar refractivity (Wildman–Crippen MR) is 124 cm³/mol. The molecule has 0 aromatic heterocycles. The van der Waals surface area contributed by atoms with Crippen LogP contribution < -0.4 is 10.2 Å². The summed E-state index contributed by atoms with van der Waals surface area (Å²) in [6.45, 7) is 3.46. The number of guanidine groups is 1. The Kier molecular flexibility index (Phi) is 7.26. The van der Waals surface area contributed by atoms with E-state index in [9.17, 15) is 18.0 Å². The molecular formula is C24H27F3N4O3. The minimum Gasteiger partial charge on any atom is -0.478 e. The van der Waals surface area contributed by atoms with Gasteiger partial charge in [0.15, 0.2) is 5.96 Å². The van der Waals surface area contributed by atoms with Gasteiger partial charge in [-0.2, -0.15) is 13.2 Å². The Morgan fingerprint density at radius 2 is 1.85 bits per heavy atom. The van der Waals surface area contributed by atoms with Gasteiger partial charge in [0.05, 0.1) is 23.8 Å². The molecular weight excluding hydrogens is 449 g/mol. The fraction of sp³-hybridized carbons (Fsp3) is 0.417. The van der Waals surface area contributed by atoms with E-state index in [4.69, 9.17) is 14.8 Å². The number of aromatic carboxylic acids is 1. The molecule has 0 radical (unpaired) electrons. The second kappa shape index (κ2) is 10.3. The first-order valence-electron chi connectivity index (χ1n) is 11.2. The Labute approximate surface area is 195 Å². The van der Waals surface area contributed by atoms with Gasteiger partial charge in [-0.25, -0.2) is 4.79 Å². The molecule has 2 saturated heterocycles. The first-order valence-corrected chi connectivity index (χ1v) is 11.2. The van der Waals surface area contributed by atoms with Gasteiger partial charge in [0.25, 0.3) is 0 Å². The molecule has 2 heterocycles. The van der Waals surface area contributed by atoms with Crippen molar-refractivity contribution in [3.05, 3.63) is 59.7 Å². The van der Waals surface area contributed by atoms with Crippen LogP contribution in [0.15, 0.2) is 53.5 Å². The summed E-state index contributed by atoms with van der Waals surface area (Å²) in [7, 11) is 0. The highest BCUT2D eigenvalue weighted by molar-refractivity contribution is 5.95. The summed E-state index contributed by atoms with van der Waals surface area (Å²) in [5, 5.41) is 12.4. The highest BCUT2D eigenvalue weighted by Crippen LogP contribution is 2.32. The number of alkyl halides is 3. The Morgan fingerprint density at radius 1 is 1.12 bits per heavy atom. The number of benzene rings is 2. The summed E-state index contributed by atoms with van der Waals surface area (Å²) in [6, 6.07) is 11.8. The molecule has 34 heavy (non-hydrogen) atoms. The quantitative estimate of drug-likeness (QED) is 0.498. The number of rotatable bonds is 5. The number of carboxylic acid groups (broad SMARTS) is 1. The van der Waals surface area contributed by atoms with Crippen molar-refractivity contribution in [2.45, 2.75) is 25.1 Å². The Morgan fingerprint density at radius 3 is 2.47 bits per heavy atom. The highest BCUT2D eigenvalue weighted by atomic mass is 19.4. The Hall–Kier alpha value is -3.27. The van der Waals surface area contributed by atoms with Gasteiger partial charge in [-0.3, -0.25) is 4.99 Å². The molecule has 1 atom stereocenters. The van der Waals surface area contributed by atoms with E-state index < -0.39 is 17.7 Å². The minimum absolute atomic E-state index is 0.0672. The number of carbonyl (C=O) groups is 1. The van der Waals surface area contributed by atoms with Crippen LogP contribution in [0.1, 0.15) is 28.8 Å². The molecule has 182 valence electrons. The summed E-state index contributed by atoms with van der Waals surface area (Å²) in [4.78, 5) is 19.9. The summed E-state index contributed by atoms with van der Waals surface area (Å²) in [5.74, 6) is -0.355. The zero-order chi connectivity index (χ0) is 24.1. The number of carboxylic acids is 1. The fourth-order valence-corrected chi connectivity index (χ4v) is 4.08. The number of nitrogens with one attached hydrogen (secondary N) is 1. The first kappa shape index (κ1) is 23.9. The van der Waals surface area contributed by atoms with Crippen molar-refractivity contribution >= 4 is 23.3 Å². The van der Waals surface area contributed by atoms with E-state index in [-0.39, 0.29) is 11.7 Å². The first-order chi connectivity index (χ1) is 16.3. The molecule has 2 aromatic rings. The SMILES string of the molecule is O=C(O)c1ccc(NC(=NCC2CCCO2)N2CCN(c3cccc(C(F)(F)F)c3)CC2)cc1. The van der Waals surface area contributed by atoms with Crippen molar-refractivity contribution in [3.8, 4) is 0 Å². The number of anilines is 2. The molecule has 0 bridgehead atoms. The maximum absolute atomic E-state index is 13.1. The van der Waals surface area contributed by atoms with Gasteiger partial charge >= 0.3 is 12.1 Å². The van der Waals surface area contributed by atoms with Crippen LogP contribution in [0, 0.1) is 0 Å². The van der Waals surface area contributed by atoms with Crippen LogP contribution in [-0.4, -0.2) is 67.4 Å². The number of hydrogen-bond donors (Lipinski definition) is 2. The van der Waals surface area contributed by atoms with Crippen LogP contribution in [0.5, 0.6) is 0 Å². The second-order valence-electron chi connectivity index (χ2n) is 8.33. The van der Waals surface area contributed by atoms with Gasteiger partial charge in [0, 0.05) is 44.2 Å². The molecule has 2 aliphatic heterocycles. The summed E-state index contributed by atoms with van der Waals surface area (Å²) >= 11 is 0. The van der Waals surface area contributed by atoms with Crippen molar-refractivity contribution in [1.82, 2.24) is 4.90 Å². The molecule has 1 unspecified atom stereocenters. The van der Waals surface area contributed by atoms with Crippen LogP contribution in [0.4, 0.5) is 24.5 Å². The number of ether oxygens (including phenoxy) is 1. The largest absolute Gasteiger partial charge is 0.478 e. The monoisotopic (exact) mass is 476 g/mol. The molecule has 2 aromatic carbocycles. The smallest absolute Gasteiger partial charge is 0.416 e. The maximum Gasteiger partial charge on any atom is 0.416 e. The van der Waals surface area contributed by atoms with Gasteiger partial charge in [-0.05, 0) is 55.3 Å². The second-order valence-corrected chi connectivity index (χ2v) is 8.33. The lowest BCUT2D eigenvalue weighted by molar-refractivity contribution is -0.137. The van der Waals surface area contributed by atoms with Crippen molar-refractivity contribution in [2.24, 2.45) is 4.99 Å². The number of aliphatic imine (C=N–C) groups is 1. The van der Waals surface area contributed by atoms with Gasteiger partial charge in [-0.1, -0.05) is 6.07 Å². The molecule has 2 fully saturated rings. The van der Waals surface area contributed by atoms with E-state index in [0.717, 1.165) is 25.5 Å². The zero-order valence-electron chi connectivity index (χ0n) is 18.6. The summed E-state index contributed by atoms with van der Waals surface area (Å²) in [5.41, 5.74) is 0.789. The van der Waals surface area contributed by atoms with E-state index in [0.29, 0.717) is 50.1 Å². The summed E-state index contributed by atoms with van der Waals surface area (Å²) in [6.07, 6.45) is -2.35. The highest BCUT2D eigenvalue weighted by Gasteiger charge is 2.31. The number of piperazine rings is 1. The van der Waals surface area contributed by atoms with Crippen molar-refractivity contribution in [1.29, 1.82) is 0 Å². The van der Waals surface area contributed by atoms with E-state index in [1.807, 2.05) is 4.90 Å². The predicted octanol–water partition coefficient (Wildman–Crippen LogP) is 4.17. The lowest BCUT2D eigenvalue weighted by Gasteiger charge is -2.38. The lowest BCUT2D eigenvalue weighted by atomic mass is 10.1. The molecule has 0 amide bonds. The molecule has 0 saturated carbocycles. The third-order valence-corrected chi connectivity index (χ3v) is 5.97. The number of halogens is 3. The molecule has 10 heteroatoms. The lowest BCUT2D eigenvalue weighted by Crippen LogP contribution is -2.51. The molecule has 2 N–H and O–H groups in total. The van der Waals surface area contributed by atoms with Crippen LogP contribution in [-0.2, 0) is 10.9 Å². The molecule has 0 spiro atoms. The average Bonchev–Trinajstić information content (AvgIpc) is 3.35. The fourth-order valence-electron chi connectivity index (χ4n) is 4.08. The van der Waals surface area contributed by atoms with Gasteiger partial charge in [0.2, 0.25) is 0 Å². The molecule has 0 aliphatic carbocycles. The molecule has 2 aliphatic rings. The maximum atomic E-state index is 13.1. The Balaban J connectivity index is 1.45. The normalized spacial score (nSPS) is 19.4. The summed E-state index contributed by atoms with van der Waals surface area (Å²) < 4.78 is 45.0. The van der Waals surface area contributed by atoms with E-state index in [1.165, 1.54) is 24.3 Å². The number of hydrogen-bond acceptors (Lipinski definition) is 4. The third-order valence-electron chi connectivity index (χ3n) is 5.97. The standard InChI is InChI=1S/C24H27F3N4O3/c25-24(26,27)18-3-1-4-20(15-18)30-10-12-31(13-11-30)23(28-16-21-5-2-14-34-21)29-19-8-6-17(7-9-19)22(32)33/h1,3-4,6-9,15,21H,2,5,10-14,16H2,(H,28,29)(H,32,33). The van der Waals surface area contributed by atoms with E-state index in [1.54, 1.807) is 18.2 Å². The van der Waals surface area contributed by atoms with Crippen molar-refractivity contribution < 1.29 is 27.8 Å². The number of nitrogens with zero attached hydrogens (tertiary/aromatic N) is 3. The zero-order valence-corrected chi connectivity index (χ0v) is 18.6. The van der Waals surface area contributed by atoms with E-state index >= 15 is 0 Å².